The summed E-state index contributed by atoms with van der Waals surface area (Å²) in [6.45, 7) is 0. The third-order valence-electron chi connectivity index (χ3n) is 2.47. The van der Waals surface area contributed by atoms with E-state index in [2.05, 4.69) is 9.93 Å². The van der Waals surface area contributed by atoms with Gasteiger partial charge in [0, 0.05) is 10.6 Å². The summed E-state index contributed by atoms with van der Waals surface area (Å²) in [6.07, 6.45) is 0. The molecule has 0 saturated carbocycles. The highest BCUT2D eigenvalue weighted by Gasteiger charge is 2.13. The van der Waals surface area contributed by atoms with E-state index >= 15 is 0 Å². The van der Waals surface area contributed by atoms with Crippen LogP contribution in [0.5, 0.6) is 0 Å². The molecule has 0 aliphatic heterocycles. The maximum absolute atomic E-state index is 12.0. The molecule has 0 aromatic heterocycles. The van der Waals surface area contributed by atoms with Crippen molar-refractivity contribution in [1.82, 2.24) is 4.83 Å². The molecule has 0 radical (unpaired) electrons. The molecular formula is C13H9Cl3N2O2S. The molecule has 2 rings (SSSR count). The molecule has 0 aliphatic rings. The van der Waals surface area contributed by atoms with E-state index in [4.69, 9.17) is 34.8 Å². The van der Waals surface area contributed by atoms with Crippen molar-refractivity contribution >= 4 is 50.0 Å². The summed E-state index contributed by atoms with van der Waals surface area (Å²) in [6, 6.07) is 12.4. The second-order valence-electron chi connectivity index (χ2n) is 3.93. The Bertz CT molecular complexity index is 777. The minimum absolute atomic E-state index is 0.0837. The number of benzene rings is 2. The van der Waals surface area contributed by atoms with Gasteiger partial charge in [-0.25, -0.2) is 0 Å². The molecule has 2 aromatic rings. The lowest BCUT2D eigenvalue weighted by molar-refractivity contribution is 0.584. The maximum atomic E-state index is 12.0. The van der Waals surface area contributed by atoms with Gasteiger partial charge >= 0.3 is 0 Å². The van der Waals surface area contributed by atoms with Crippen LogP contribution >= 0.6 is 34.8 Å². The van der Waals surface area contributed by atoms with E-state index in [0.717, 1.165) is 0 Å². The topological polar surface area (TPSA) is 58.5 Å². The standard InChI is InChI=1S/C13H9Cl3N2O2S/c14-9-6-7-11(12(15)8-9)13(16)17-18-21(19,20)10-4-2-1-3-5-10/h1-8,18H. The number of nitrogens with zero attached hydrogens (tertiary/aromatic N) is 1. The molecule has 0 amide bonds. The number of hydrogen-bond donors (Lipinski definition) is 1. The molecule has 0 atom stereocenters. The summed E-state index contributed by atoms with van der Waals surface area (Å²) >= 11 is 17.7. The number of rotatable bonds is 4. The maximum Gasteiger partial charge on any atom is 0.276 e. The first-order chi connectivity index (χ1) is 9.90. The van der Waals surface area contributed by atoms with Crippen LogP contribution in [-0.4, -0.2) is 13.6 Å². The van der Waals surface area contributed by atoms with Gasteiger partial charge in [0.25, 0.3) is 10.0 Å². The number of sulfonamides is 1. The second kappa shape index (κ2) is 6.66. The Balaban J connectivity index is 2.24. The quantitative estimate of drug-likeness (QED) is 0.662. The van der Waals surface area contributed by atoms with Crippen molar-refractivity contribution in [3.63, 3.8) is 0 Å². The summed E-state index contributed by atoms with van der Waals surface area (Å²) in [7, 11) is -3.78. The van der Waals surface area contributed by atoms with Crippen molar-refractivity contribution in [1.29, 1.82) is 0 Å². The fourth-order valence-electron chi connectivity index (χ4n) is 1.47. The average molecular weight is 364 g/mol. The Kier molecular flexibility index (Phi) is 5.11. The molecule has 110 valence electrons. The van der Waals surface area contributed by atoms with Gasteiger partial charge in [-0.3, -0.25) is 0 Å². The molecule has 0 saturated heterocycles. The van der Waals surface area contributed by atoms with Gasteiger partial charge in [0.05, 0.1) is 9.92 Å². The molecule has 4 nitrogen and oxygen atoms in total. The van der Waals surface area contributed by atoms with Gasteiger partial charge in [-0.15, -0.1) is 0 Å². The summed E-state index contributed by atoms with van der Waals surface area (Å²) in [4.78, 5) is 2.14. The van der Waals surface area contributed by atoms with E-state index in [1.165, 1.54) is 18.2 Å². The molecule has 0 unspecified atom stereocenters. The Morgan fingerprint density at radius 2 is 1.71 bits per heavy atom. The van der Waals surface area contributed by atoms with Crippen LogP contribution in [0.15, 0.2) is 58.5 Å². The zero-order valence-electron chi connectivity index (χ0n) is 10.4. The van der Waals surface area contributed by atoms with Crippen LogP contribution in [0.3, 0.4) is 0 Å². The lowest BCUT2D eigenvalue weighted by atomic mass is 10.2. The van der Waals surface area contributed by atoms with Crippen LogP contribution in [0.1, 0.15) is 5.56 Å². The lowest BCUT2D eigenvalue weighted by Crippen LogP contribution is -2.19. The van der Waals surface area contributed by atoms with Crippen molar-refractivity contribution in [3.05, 3.63) is 64.1 Å². The largest absolute Gasteiger partial charge is 0.276 e. The minimum Gasteiger partial charge on any atom is -0.200 e. The second-order valence-corrected chi connectivity index (χ2v) is 6.80. The van der Waals surface area contributed by atoms with Crippen LogP contribution in [0.4, 0.5) is 0 Å². The normalized spacial score (nSPS) is 12.2. The van der Waals surface area contributed by atoms with Crippen molar-refractivity contribution in [2.45, 2.75) is 4.90 Å². The average Bonchev–Trinajstić information content (AvgIpc) is 2.46. The van der Waals surface area contributed by atoms with Gasteiger partial charge in [-0.05, 0) is 30.3 Å². The van der Waals surface area contributed by atoms with Crippen molar-refractivity contribution < 1.29 is 8.42 Å². The summed E-state index contributed by atoms with van der Waals surface area (Å²) in [5.41, 5.74) is 0.374. The predicted octanol–water partition coefficient (Wildman–Crippen LogP) is 3.87. The highest BCUT2D eigenvalue weighted by Crippen LogP contribution is 2.22. The third-order valence-corrected chi connectivity index (χ3v) is 4.53. The molecule has 0 heterocycles. The first-order valence-corrected chi connectivity index (χ1v) is 8.27. The molecule has 0 fully saturated rings. The molecule has 0 aliphatic carbocycles. The zero-order valence-corrected chi connectivity index (χ0v) is 13.5. The number of hydrogen-bond acceptors (Lipinski definition) is 3. The first kappa shape index (κ1) is 16.1. The molecule has 2 aromatic carbocycles. The molecule has 21 heavy (non-hydrogen) atoms. The monoisotopic (exact) mass is 362 g/mol. The smallest absolute Gasteiger partial charge is 0.200 e. The van der Waals surface area contributed by atoms with Gasteiger partial charge in [0.1, 0.15) is 0 Å². The lowest BCUT2D eigenvalue weighted by Gasteiger charge is -2.05. The third kappa shape index (κ3) is 4.11. The number of nitrogens with one attached hydrogen (secondary N) is 1. The van der Waals surface area contributed by atoms with E-state index in [1.807, 2.05) is 0 Å². The van der Waals surface area contributed by atoms with E-state index < -0.39 is 10.0 Å². The van der Waals surface area contributed by atoms with Crippen LogP contribution in [0.25, 0.3) is 0 Å². The van der Waals surface area contributed by atoms with Gasteiger partial charge in [-0.1, -0.05) is 53.0 Å². The van der Waals surface area contributed by atoms with Crippen LogP contribution in [0, 0.1) is 0 Å². The van der Waals surface area contributed by atoms with Gasteiger partial charge in [0.15, 0.2) is 5.17 Å². The highest BCUT2D eigenvalue weighted by atomic mass is 35.5. The highest BCUT2D eigenvalue weighted by molar-refractivity contribution is 7.89. The Morgan fingerprint density at radius 3 is 2.33 bits per heavy atom. The summed E-state index contributed by atoms with van der Waals surface area (Å²) in [5, 5.41) is 4.28. The van der Waals surface area contributed by atoms with Crippen molar-refractivity contribution in [2.24, 2.45) is 5.10 Å². The van der Waals surface area contributed by atoms with Gasteiger partial charge < -0.3 is 0 Å². The van der Waals surface area contributed by atoms with Crippen molar-refractivity contribution in [2.75, 3.05) is 0 Å². The SMILES string of the molecule is O=S(=O)(NN=C(Cl)c1ccc(Cl)cc1Cl)c1ccccc1. The van der Waals surface area contributed by atoms with E-state index in [0.29, 0.717) is 10.6 Å². The van der Waals surface area contributed by atoms with Crippen molar-refractivity contribution in [3.8, 4) is 0 Å². The molecule has 8 heteroatoms. The Morgan fingerprint density at radius 1 is 1.05 bits per heavy atom. The fraction of sp³-hybridized carbons (Fsp3) is 0. The minimum atomic E-state index is -3.78. The van der Waals surface area contributed by atoms with Crippen LogP contribution in [-0.2, 0) is 10.0 Å². The Labute approximate surface area is 137 Å². The zero-order chi connectivity index (χ0) is 15.5. The summed E-state index contributed by atoms with van der Waals surface area (Å²) in [5.74, 6) is 0. The molecular weight excluding hydrogens is 355 g/mol. The summed E-state index contributed by atoms with van der Waals surface area (Å²) < 4.78 is 24.0. The fourth-order valence-corrected chi connectivity index (χ4v) is 3.11. The van der Waals surface area contributed by atoms with E-state index in [-0.39, 0.29) is 15.1 Å². The van der Waals surface area contributed by atoms with E-state index in [9.17, 15) is 8.42 Å². The Hall–Kier alpha value is -1.27. The van der Waals surface area contributed by atoms with E-state index in [1.54, 1.807) is 30.3 Å². The number of hydrazone groups is 1. The van der Waals surface area contributed by atoms with Gasteiger partial charge in [0.2, 0.25) is 0 Å². The number of halogens is 3. The molecule has 0 spiro atoms. The van der Waals surface area contributed by atoms with Crippen LogP contribution in [0.2, 0.25) is 10.0 Å². The molecule has 1 N–H and O–H groups in total. The molecule has 0 bridgehead atoms. The van der Waals surface area contributed by atoms with Crippen LogP contribution < -0.4 is 4.83 Å². The first-order valence-electron chi connectivity index (χ1n) is 5.65. The van der Waals surface area contributed by atoms with Gasteiger partial charge in [-0.2, -0.15) is 18.4 Å². The predicted molar refractivity (Wildman–Crippen MR) is 85.6 cm³/mol.